The lowest BCUT2D eigenvalue weighted by molar-refractivity contribution is 0.202. The fraction of sp³-hybridized carbons (Fsp3) is 0.707. The molecule has 0 unspecified atom stereocenters. The lowest BCUT2D eigenvalue weighted by Crippen LogP contribution is -2.31. The molecule has 0 spiro atoms. The minimum atomic E-state index is 0.482. The van der Waals surface area contributed by atoms with Crippen molar-refractivity contribution in [1.29, 1.82) is 0 Å². The monoisotopic (exact) mass is 685 g/mol. The second-order valence-electron chi connectivity index (χ2n) is 13.5. The van der Waals surface area contributed by atoms with Gasteiger partial charge < -0.3 is 34.9 Å². The number of nitrogens with one attached hydrogen (secondary N) is 3. The van der Waals surface area contributed by atoms with Gasteiger partial charge in [0.1, 0.15) is 23.0 Å². The van der Waals surface area contributed by atoms with Gasteiger partial charge in [-0.3, -0.25) is 4.90 Å². The summed E-state index contributed by atoms with van der Waals surface area (Å²) in [5.74, 6) is 3.58. The highest BCUT2D eigenvalue weighted by atomic mass is 16.5. The number of unbranched alkanes of at least 4 members (excludes halogenated alkanes) is 11. The molecule has 0 fully saturated rings. The van der Waals surface area contributed by atoms with E-state index < -0.39 is 0 Å². The van der Waals surface area contributed by atoms with Crippen molar-refractivity contribution in [3.63, 3.8) is 0 Å². The van der Waals surface area contributed by atoms with E-state index in [1.165, 1.54) is 89.9 Å². The summed E-state index contributed by atoms with van der Waals surface area (Å²) in [4.78, 5) is 2.53. The number of ether oxygens (including phenoxy) is 4. The van der Waals surface area contributed by atoms with Gasteiger partial charge in [-0.15, -0.1) is 0 Å². The fourth-order valence-electron chi connectivity index (χ4n) is 6.35. The van der Waals surface area contributed by atoms with E-state index in [-0.39, 0.29) is 0 Å². The summed E-state index contributed by atoms with van der Waals surface area (Å²) in [5, 5.41) is 10.8. The molecule has 2 rings (SSSR count). The highest BCUT2D eigenvalue weighted by Crippen LogP contribution is 2.30. The van der Waals surface area contributed by atoms with E-state index in [1.54, 1.807) is 28.4 Å². The third-order valence-electron chi connectivity index (χ3n) is 9.42. The van der Waals surface area contributed by atoms with Crippen molar-refractivity contribution >= 4 is 0 Å². The van der Waals surface area contributed by atoms with Gasteiger partial charge in [-0.25, -0.2) is 0 Å². The highest BCUT2D eigenvalue weighted by molar-refractivity contribution is 5.45. The fourth-order valence-corrected chi connectivity index (χ4v) is 6.35. The summed E-state index contributed by atoms with van der Waals surface area (Å²) < 4.78 is 22.2. The third-order valence-corrected chi connectivity index (χ3v) is 9.42. The first kappa shape index (κ1) is 42.6. The van der Waals surface area contributed by atoms with Crippen LogP contribution in [0, 0.1) is 0 Å². The van der Waals surface area contributed by atoms with Crippen molar-refractivity contribution in [2.45, 2.75) is 123 Å². The van der Waals surface area contributed by atoms with Crippen molar-refractivity contribution in [2.24, 2.45) is 0 Å². The Balaban J connectivity index is 1.32. The summed E-state index contributed by atoms with van der Waals surface area (Å²) in [6.07, 6.45) is 18.2. The van der Waals surface area contributed by atoms with E-state index in [1.807, 2.05) is 36.4 Å². The van der Waals surface area contributed by atoms with Gasteiger partial charge in [0.2, 0.25) is 0 Å². The summed E-state index contributed by atoms with van der Waals surface area (Å²) in [5.41, 5.74) is 2.24. The van der Waals surface area contributed by atoms with Crippen LogP contribution >= 0.6 is 0 Å². The quantitative estimate of drug-likeness (QED) is 0.0664. The third kappa shape index (κ3) is 18.3. The van der Waals surface area contributed by atoms with Gasteiger partial charge in [0.25, 0.3) is 0 Å². The average Bonchev–Trinajstić information content (AvgIpc) is 3.12. The van der Waals surface area contributed by atoms with Crippen molar-refractivity contribution in [3.05, 3.63) is 47.5 Å². The van der Waals surface area contributed by atoms with Gasteiger partial charge in [0.05, 0.1) is 34.0 Å². The molecule has 0 atom stereocenters. The molecule has 0 bridgehead atoms. The SMILES string of the molecule is COc1cccc(OC)c1CNCCCCCCNCCCCCCCCNCCCCCCN(Cc1c(OC)cccc1OC)C(C)C. The van der Waals surface area contributed by atoms with Gasteiger partial charge in [-0.1, -0.05) is 63.5 Å². The highest BCUT2D eigenvalue weighted by Gasteiger charge is 2.16. The maximum atomic E-state index is 5.62. The minimum absolute atomic E-state index is 0.482. The maximum absolute atomic E-state index is 5.62. The van der Waals surface area contributed by atoms with Gasteiger partial charge in [-0.2, -0.15) is 0 Å². The maximum Gasteiger partial charge on any atom is 0.127 e. The zero-order valence-corrected chi connectivity index (χ0v) is 32.2. The predicted octanol–water partition coefficient (Wildman–Crippen LogP) is 8.36. The van der Waals surface area contributed by atoms with Gasteiger partial charge >= 0.3 is 0 Å². The Morgan fingerprint density at radius 3 is 1.20 bits per heavy atom. The number of methoxy groups -OCH3 is 4. The smallest absolute Gasteiger partial charge is 0.127 e. The summed E-state index contributed by atoms with van der Waals surface area (Å²) >= 11 is 0. The van der Waals surface area contributed by atoms with Crippen LogP contribution in [0.2, 0.25) is 0 Å². The van der Waals surface area contributed by atoms with Crippen LogP contribution in [0.3, 0.4) is 0 Å². The van der Waals surface area contributed by atoms with Crippen LogP contribution in [0.4, 0.5) is 0 Å². The lowest BCUT2D eigenvalue weighted by Gasteiger charge is -2.28. The van der Waals surface area contributed by atoms with Crippen LogP contribution in [0.5, 0.6) is 23.0 Å². The number of hydrogen-bond acceptors (Lipinski definition) is 8. The Kier molecular flexibility index (Phi) is 24.5. The van der Waals surface area contributed by atoms with Crippen molar-refractivity contribution < 1.29 is 18.9 Å². The topological polar surface area (TPSA) is 76.3 Å². The molecule has 49 heavy (non-hydrogen) atoms. The normalized spacial score (nSPS) is 11.4. The second kappa shape index (κ2) is 28.2. The molecular weight excluding hydrogens is 612 g/mol. The Morgan fingerprint density at radius 1 is 0.469 bits per heavy atom. The van der Waals surface area contributed by atoms with Crippen LogP contribution in [-0.2, 0) is 13.1 Å². The zero-order chi connectivity index (χ0) is 35.4. The van der Waals surface area contributed by atoms with E-state index in [4.69, 9.17) is 18.9 Å². The number of rotatable bonds is 32. The molecule has 0 aromatic heterocycles. The van der Waals surface area contributed by atoms with E-state index in [0.717, 1.165) is 86.5 Å². The standard InChI is InChI=1S/C41H72N4O4/c1-35(2)45(34-37-40(48-5)25-22-26-41(37)49-6)32-20-14-13-18-30-43-28-16-10-8-7-9-15-27-42-29-17-11-12-19-31-44-33-36-38(46-3)23-21-24-39(36)47-4/h21-26,35,42-44H,7-20,27-34H2,1-6H3. The number of hydrogen-bond donors (Lipinski definition) is 3. The van der Waals surface area contributed by atoms with Crippen LogP contribution in [0.1, 0.15) is 115 Å². The molecule has 8 nitrogen and oxygen atoms in total. The molecular formula is C41H72N4O4. The summed E-state index contributed by atoms with van der Waals surface area (Å²) in [6.45, 7) is 12.9. The van der Waals surface area contributed by atoms with E-state index in [2.05, 4.69) is 34.7 Å². The van der Waals surface area contributed by atoms with Crippen LogP contribution in [-0.4, -0.2) is 78.6 Å². The van der Waals surface area contributed by atoms with Crippen molar-refractivity contribution in [1.82, 2.24) is 20.9 Å². The molecule has 2 aromatic carbocycles. The Bertz CT molecular complexity index is 1040. The first-order valence-corrected chi connectivity index (χ1v) is 19.3. The Hall–Kier alpha value is -2.52. The average molecular weight is 685 g/mol. The minimum Gasteiger partial charge on any atom is -0.496 e. The molecule has 0 aliphatic carbocycles. The first-order valence-electron chi connectivity index (χ1n) is 19.3. The summed E-state index contributed by atoms with van der Waals surface area (Å²) in [6, 6.07) is 12.5. The number of nitrogens with zero attached hydrogens (tertiary/aromatic N) is 1. The van der Waals surface area contributed by atoms with Gasteiger partial charge in [0, 0.05) is 24.7 Å². The summed E-state index contributed by atoms with van der Waals surface area (Å²) in [7, 11) is 6.90. The van der Waals surface area contributed by atoms with Crippen LogP contribution < -0.4 is 34.9 Å². The molecule has 280 valence electrons. The lowest BCUT2D eigenvalue weighted by atomic mass is 10.1. The Labute approximate surface area is 300 Å². The molecule has 3 N–H and O–H groups in total. The second-order valence-corrected chi connectivity index (χ2v) is 13.5. The molecule has 0 saturated heterocycles. The molecule has 0 aliphatic heterocycles. The van der Waals surface area contributed by atoms with Crippen molar-refractivity contribution in [3.8, 4) is 23.0 Å². The Morgan fingerprint density at radius 2 is 0.816 bits per heavy atom. The molecule has 0 aliphatic rings. The molecule has 2 aromatic rings. The van der Waals surface area contributed by atoms with E-state index in [0.29, 0.717) is 6.04 Å². The molecule has 0 radical (unpaired) electrons. The molecule has 0 amide bonds. The van der Waals surface area contributed by atoms with Gasteiger partial charge in [0.15, 0.2) is 0 Å². The molecule has 0 heterocycles. The largest absolute Gasteiger partial charge is 0.496 e. The van der Waals surface area contributed by atoms with Crippen molar-refractivity contribution in [2.75, 3.05) is 67.7 Å². The van der Waals surface area contributed by atoms with E-state index in [9.17, 15) is 0 Å². The van der Waals surface area contributed by atoms with Crippen LogP contribution in [0.25, 0.3) is 0 Å². The molecule has 8 heteroatoms. The molecule has 0 saturated carbocycles. The van der Waals surface area contributed by atoms with Crippen LogP contribution in [0.15, 0.2) is 36.4 Å². The number of benzene rings is 2. The van der Waals surface area contributed by atoms with E-state index >= 15 is 0 Å². The first-order chi connectivity index (χ1) is 24.0. The zero-order valence-electron chi connectivity index (χ0n) is 32.2. The predicted molar refractivity (Wildman–Crippen MR) is 207 cm³/mol. The van der Waals surface area contributed by atoms with Gasteiger partial charge in [-0.05, 0) is 116 Å².